The van der Waals surface area contributed by atoms with Gasteiger partial charge in [-0.25, -0.2) is 4.98 Å². The summed E-state index contributed by atoms with van der Waals surface area (Å²) in [4.78, 5) is 17.7. The van der Waals surface area contributed by atoms with Crippen LogP contribution in [0.25, 0.3) is 0 Å². The molecule has 0 unspecified atom stereocenters. The number of anilines is 1. The van der Waals surface area contributed by atoms with Crippen molar-refractivity contribution in [2.45, 2.75) is 6.42 Å². The summed E-state index contributed by atoms with van der Waals surface area (Å²) in [5.41, 5.74) is 1.21. The zero-order valence-electron chi connectivity index (χ0n) is 15.9. The Morgan fingerprint density at radius 1 is 1.30 bits per heavy atom. The fourth-order valence-electron chi connectivity index (χ4n) is 3.01. The zero-order chi connectivity index (χ0) is 19.2. The minimum atomic E-state index is 0.551. The van der Waals surface area contributed by atoms with Crippen LogP contribution in [0.5, 0.6) is 5.88 Å². The molecule has 9 nitrogen and oxygen atoms in total. The Kier molecular flexibility index (Phi) is 6.49. The summed E-state index contributed by atoms with van der Waals surface area (Å²) in [5, 5.41) is 7.64. The molecule has 146 valence electrons. The molecule has 10 heteroatoms. The normalized spacial score (nSPS) is 15.2. The number of rotatable bonds is 5. The summed E-state index contributed by atoms with van der Waals surface area (Å²) in [6.07, 6.45) is 6.58. The van der Waals surface area contributed by atoms with E-state index in [1.165, 1.54) is 5.56 Å². The van der Waals surface area contributed by atoms with Gasteiger partial charge in [0.1, 0.15) is 0 Å². The fourth-order valence-corrected chi connectivity index (χ4v) is 3.36. The summed E-state index contributed by atoms with van der Waals surface area (Å²) in [6, 6.07) is 0. The lowest BCUT2D eigenvalue weighted by Crippen LogP contribution is -2.53. The molecule has 27 heavy (non-hydrogen) atoms. The molecule has 1 fully saturated rings. The predicted molar refractivity (Wildman–Crippen MR) is 108 cm³/mol. The Hall–Kier alpha value is -2.36. The van der Waals surface area contributed by atoms with E-state index in [-0.39, 0.29) is 0 Å². The van der Waals surface area contributed by atoms with Gasteiger partial charge in [0.15, 0.2) is 5.96 Å². The number of nitrogens with one attached hydrogen (secondary N) is 1. The second-order valence-electron chi connectivity index (χ2n) is 6.25. The second-order valence-corrected chi connectivity index (χ2v) is 7.10. The van der Waals surface area contributed by atoms with Crippen LogP contribution in [0.1, 0.15) is 5.56 Å². The van der Waals surface area contributed by atoms with Crippen LogP contribution in [0.15, 0.2) is 28.1 Å². The maximum atomic E-state index is 5.27. The fraction of sp³-hybridized carbons (Fsp3) is 0.529. The van der Waals surface area contributed by atoms with Gasteiger partial charge in [-0.1, -0.05) is 0 Å². The van der Waals surface area contributed by atoms with E-state index in [2.05, 4.69) is 51.1 Å². The van der Waals surface area contributed by atoms with Crippen LogP contribution < -0.4 is 15.0 Å². The molecule has 0 radical (unpaired) electrons. The SMILES string of the molecule is CN=C(NCCc1cnn(C)c1)N1CCN(c2ncc(Br)c(OC)n2)CC1. The van der Waals surface area contributed by atoms with Crippen molar-refractivity contribution in [2.24, 2.45) is 12.0 Å². The van der Waals surface area contributed by atoms with Crippen molar-refractivity contribution < 1.29 is 4.74 Å². The average Bonchev–Trinajstić information content (AvgIpc) is 3.11. The molecule has 3 rings (SSSR count). The Balaban J connectivity index is 1.51. The monoisotopic (exact) mass is 436 g/mol. The van der Waals surface area contributed by atoms with E-state index in [9.17, 15) is 0 Å². The molecule has 1 saturated heterocycles. The number of hydrogen-bond acceptors (Lipinski definition) is 6. The van der Waals surface area contributed by atoms with E-state index in [1.807, 2.05) is 31.2 Å². The minimum Gasteiger partial charge on any atom is -0.480 e. The lowest BCUT2D eigenvalue weighted by Gasteiger charge is -2.36. The number of aryl methyl sites for hydroxylation is 1. The Labute approximate surface area is 167 Å². The molecule has 1 N–H and O–H groups in total. The van der Waals surface area contributed by atoms with Crippen LogP contribution in [0, 0.1) is 0 Å². The van der Waals surface area contributed by atoms with Crippen LogP contribution in [-0.4, -0.2) is 77.5 Å². The third kappa shape index (κ3) is 4.88. The van der Waals surface area contributed by atoms with Crippen molar-refractivity contribution in [3.63, 3.8) is 0 Å². The number of halogens is 1. The molecule has 0 amide bonds. The van der Waals surface area contributed by atoms with Crippen molar-refractivity contribution in [1.29, 1.82) is 0 Å². The number of aliphatic imine (C=N–C) groups is 1. The highest BCUT2D eigenvalue weighted by atomic mass is 79.9. The lowest BCUT2D eigenvalue weighted by atomic mass is 10.2. The van der Waals surface area contributed by atoms with Crippen LogP contribution in [0.3, 0.4) is 0 Å². The van der Waals surface area contributed by atoms with Crippen molar-refractivity contribution in [1.82, 2.24) is 30.0 Å². The third-order valence-electron chi connectivity index (χ3n) is 4.42. The third-order valence-corrected chi connectivity index (χ3v) is 4.97. The minimum absolute atomic E-state index is 0.551. The zero-order valence-corrected chi connectivity index (χ0v) is 17.5. The second kappa shape index (κ2) is 9.03. The largest absolute Gasteiger partial charge is 0.480 e. The number of piperazine rings is 1. The molecule has 1 aliphatic rings. The topological polar surface area (TPSA) is 83.7 Å². The van der Waals surface area contributed by atoms with Crippen molar-refractivity contribution in [2.75, 3.05) is 51.8 Å². The summed E-state index contributed by atoms with van der Waals surface area (Å²) < 4.78 is 7.84. The molecule has 0 spiro atoms. The van der Waals surface area contributed by atoms with E-state index in [0.717, 1.165) is 49.6 Å². The highest BCUT2D eigenvalue weighted by Crippen LogP contribution is 2.23. The Morgan fingerprint density at radius 3 is 2.70 bits per heavy atom. The van der Waals surface area contributed by atoms with Gasteiger partial charge >= 0.3 is 0 Å². The number of guanidine groups is 1. The number of nitrogens with zero attached hydrogens (tertiary/aromatic N) is 7. The van der Waals surface area contributed by atoms with Gasteiger partial charge < -0.3 is 19.9 Å². The van der Waals surface area contributed by atoms with E-state index >= 15 is 0 Å². The van der Waals surface area contributed by atoms with E-state index < -0.39 is 0 Å². The van der Waals surface area contributed by atoms with E-state index in [4.69, 9.17) is 4.74 Å². The molecule has 0 aromatic carbocycles. The van der Waals surface area contributed by atoms with Gasteiger partial charge in [-0.2, -0.15) is 10.1 Å². The Morgan fingerprint density at radius 2 is 2.07 bits per heavy atom. The quantitative estimate of drug-likeness (QED) is 0.550. The molecule has 2 aromatic rings. The summed E-state index contributed by atoms with van der Waals surface area (Å²) >= 11 is 3.39. The first-order chi connectivity index (χ1) is 13.1. The highest BCUT2D eigenvalue weighted by Gasteiger charge is 2.22. The molecule has 1 aliphatic heterocycles. The smallest absolute Gasteiger partial charge is 0.232 e. The summed E-state index contributed by atoms with van der Waals surface area (Å²) in [6.45, 7) is 4.19. The molecule has 0 aliphatic carbocycles. The number of methoxy groups -OCH3 is 1. The first-order valence-electron chi connectivity index (χ1n) is 8.85. The first-order valence-corrected chi connectivity index (χ1v) is 9.64. The van der Waals surface area contributed by atoms with Gasteiger partial charge in [-0.3, -0.25) is 9.67 Å². The lowest BCUT2D eigenvalue weighted by molar-refractivity contribution is 0.366. The number of aromatic nitrogens is 4. The molecule has 0 saturated carbocycles. The predicted octanol–water partition coefficient (Wildman–Crippen LogP) is 0.921. The van der Waals surface area contributed by atoms with E-state index in [0.29, 0.717) is 11.8 Å². The van der Waals surface area contributed by atoms with Gasteiger partial charge in [0.2, 0.25) is 11.8 Å². The maximum absolute atomic E-state index is 5.27. The molecule has 2 aromatic heterocycles. The number of hydrogen-bond donors (Lipinski definition) is 1. The maximum Gasteiger partial charge on any atom is 0.232 e. The van der Waals surface area contributed by atoms with Gasteiger partial charge in [0.05, 0.1) is 24.0 Å². The van der Waals surface area contributed by atoms with Crippen LogP contribution >= 0.6 is 15.9 Å². The van der Waals surface area contributed by atoms with Crippen molar-refractivity contribution in [3.05, 3.63) is 28.6 Å². The first kappa shape index (κ1) is 19.4. The van der Waals surface area contributed by atoms with Crippen molar-refractivity contribution >= 4 is 27.8 Å². The summed E-state index contributed by atoms with van der Waals surface area (Å²) in [5.74, 6) is 2.16. The number of ether oxygens (including phenoxy) is 1. The van der Waals surface area contributed by atoms with Crippen molar-refractivity contribution in [3.8, 4) is 5.88 Å². The molecule has 0 atom stereocenters. The molecular formula is C17H25BrN8O. The molecular weight excluding hydrogens is 412 g/mol. The van der Waals surface area contributed by atoms with Gasteiger partial charge in [0, 0.05) is 53.0 Å². The highest BCUT2D eigenvalue weighted by molar-refractivity contribution is 9.10. The summed E-state index contributed by atoms with van der Waals surface area (Å²) in [7, 11) is 5.36. The molecule has 3 heterocycles. The van der Waals surface area contributed by atoms with Crippen LogP contribution in [0.4, 0.5) is 5.95 Å². The molecule has 0 bridgehead atoms. The van der Waals surface area contributed by atoms with Gasteiger partial charge in [-0.15, -0.1) is 0 Å². The van der Waals surface area contributed by atoms with Gasteiger partial charge in [0.25, 0.3) is 0 Å². The van der Waals surface area contributed by atoms with Crippen LogP contribution in [-0.2, 0) is 13.5 Å². The van der Waals surface area contributed by atoms with E-state index in [1.54, 1.807) is 13.3 Å². The van der Waals surface area contributed by atoms with Crippen LogP contribution in [0.2, 0.25) is 0 Å². The standard InChI is InChI=1S/C17H25BrN8O/c1-19-16(20-5-4-13-10-22-24(2)12-13)25-6-8-26(9-7-25)17-21-11-14(18)15(23-17)27-3/h10-12H,4-9H2,1-3H3,(H,19,20). The van der Waals surface area contributed by atoms with Gasteiger partial charge in [-0.05, 0) is 27.9 Å². The Bertz CT molecular complexity index is 785. The average molecular weight is 437 g/mol.